The number of amides is 3. The van der Waals surface area contributed by atoms with Crippen molar-refractivity contribution in [2.24, 2.45) is 0 Å². The van der Waals surface area contributed by atoms with E-state index in [1.165, 1.54) is 12.8 Å². The number of hydrogen-bond acceptors (Lipinski definition) is 4. The predicted octanol–water partition coefficient (Wildman–Crippen LogP) is 4.28. The Bertz CT molecular complexity index is 933. The summed E-state index contributed by atoms with van der Waals surface area (Å²) in [5.41, 5.74) is 2.63. The molecule has 176 valence electrons. The lowest BCUT2D eigenvalue weighted by atomic mass is 10.1. The van der Waals surface area contributed by atoms with Crippen molar-refractivity contribution in [3.05, 3.63) is 59.7 Å². The summed E-state index contributed by atoms with van der Waals surface area (Å²) in [6.07, 6.45) is 5.35. The van der Waals surface area contributed by atoms with Crippen molar-refractivity contribution in [1.29, 1.82) is 0 Å². The first-order valence-electron chi connectivity index (χ1n) is 11.8. The van der Waals surface area contributed by atoms with Gasteiger partial charge in [0.2, 0.25) is 5.91 Å². The van der Waals surface area contributed by atoms with E-state index >= 15 is 0 Å². The Morgan fingerprint density at radius 3 is 2.03 bits per heavy atom. The number of carbonyl (C=O) groups is 3. The van der Waals surface area contributed by atoms with E-state index < -0.39 is 0 Å². The molecular weight excluding hydrogens is 416 g/mol. The fourth-order valence-electron chi connectivity index (χ4n) is 3.69. The van der Waals surface area contributed by atoms with Crippen LogP contribution in [0.25, 0.3) is 0 Å². The summed E-state index contributed by atoms with van der Waals surface area (Å²) in [5, 5.41) is 8.82. The van der Waals surface area contributed by atoms with Gasteiger partial charge in [0.1, 0.15) is 0 Å². The van der Waals surface area contributed by atoms with Crippen molar-refractivity contribution in [3.8, 4) is 0 Å². The van der Waals surface area contributed by atoms with Crippen LogP contribution in [0.3, 0.4) is 0 Å². The van der Waals surface area contributed by atoms with Crippen molar-refractivity contribution >= 4 is 29.1 Å². The highest BCUT2D eigenvalue weighted by Gasteiger charge is 2.17. The van der Waals surface area contributed by atoms with Gasteiger partial charge in [-0.2, -0.15) is 0 Å². The van der Waals surface area contributed by atoms with Crippen molar-refractivity contribution in [1.82, 2.24) is 10.2 Å². The van der Waals surface area contributed by atoms with Gasteiger partial charge >= 0.3 is 0 Å². The van der Waals surface area contributed by atoms with Crippen molar-refractivity contribution in [2.75, 3.05) is 30.3 Å². The van der Waals surface area contributed by atoms with Crippen LogP contribution in [0.1, 0.15) is 66.7 Å². The molecule has 0 aromatic heterocycles. The van der Waals surface area contributed by atoms with Crippen LogP contribution in [0.15, 0.2) is 48.5 Å². The minimum atomic E-state index is -0.194. The van der Waals surface area contributed by atoms with E-state index in [1.54, 1.807) is 48.5 Å². The Morgan fingerprint density at radius 2 is 1.42 bits per heavy atom. The zero-order valence-electron chi connectivity index (χ0n) is 19.5. The largest absolute Gasteiger partial charge is 0.376 e. The van der Waals surface area contributed by atoms with E-state index in [9.17, 15) is 14.4 Å². The number of benzene rings is 2. The summed E-state index contributed by atoms with van der Waals surface area (Å²) in [7, 11) is 0. The Hall–Kier alpha value is -3.35. The second-order valence-corrected chi connectivity index (χ2v) is 8.55. The minimum Gasteiger partial charge on any atom is -0.376 e. The van der Waals surface area contributed by atoms with Crippen molar-refractivity contribution in [2.45, 2.75) is 52.0 Å². The Kier molecular flexibility index (Phi) is 8.87. The van der Waals surface area contributed by atoms with Crippen LogP contribution in [0.2, 0.25) is 0 Å². The first-order chi connectivity index (χ1) is 16.0. The highest BCUT2D eigenvalue weighted by molar-refractivity contribution is 5.97. The summed E-state index contributed by atoms with van der Waals surface area (Å²) in [6, 6.07) is 14.2. The van der Waals surface area contributed by atoms with Crippen LogP contribution in [0, 0.1) is 0 Å². The summed E-state index contributed by atoms with van der Waals surface area (Å²) in [5.74, 6) is -0.246. The molecule has 1 fully saturated rings. The molecule has 1 aliphatic rings. The predicted molar refractivity (Wildman–Crippen MR) is 132 cm³/mol. The number of nitrogens with zero attached hydrogens (tertiary/aromatic N) is 1. The number of rotatable bonds is 8. The van der Waals surface area contributed by atoms with Gasteiger partial charge in [-0.15, -0.1) is 0 Å². The fraction of sp³-hybridized carbons (Fsp3) is 0.423. The first-order valence-corrected chi connectivity index (χ1v) is 11.8. The molecule has 7 nitrogen and oxygen atoms in total. The van der Waals surface area contributed by atoms with E-state index in [4.69, 9.17) is 0 Å². The van der Waals surface area contributed by atoms with Crippen molar-refractivity contribution in [3.63, 3.8) is 0 Å². The van der Waals surface area contributed by atoms with Gasteiger partial charge in [0.15, 0.2) is 0 Å². The molecule has 1 heterocycles. The summed E-state index contributed by atoms with van der Waals surface area (Å²) in [4.78, 5) is 39.1. The number of carbonyl (C=O) groups excluding carboxylic acids is 3. The number of likely N-dealkylation sites (tertiary alicyclic amines) is 1. The topological polar surface area (TPSA) is 90.5 Å². The lowest BCUT2D eigenvalue weighted by Gasteiger charge is -2.20. The SMILES string of the molecule is CCC(C)NC(=O)c1ccc(NCC(=O)Nc2ccc(C(=O)N3CCCCCC3)cc2)cc1. The van der Waals surface area contributed by atoms with Gasteiger partial charge in [0.05, 0.1) is 6.54 Å². The normalized spacial score (nSPS) is 14.7. The molecule has 1 unspecified atom stereocenters. The second-order valence-electron chi connectivity index (χ2n) is 8.55. The van der Waals surface area contributed by atoms with E-state index in [1.807, 2.05) is 18.7 Å². The Balaban J connectivity index is 1.46. The van der Waals surface area contributed by atoms with E-state index in [0.29, 0.717) is 16.8 Å². The lowest BCUT2D eigenvalue weighted by Crippen LogP contribution is -2.31. The van der Waals surface area contributed by atoms with Gasteiger partial charge < -0.3 is 20.9 Å². The summed E-state index contributed by atoms with van der Waals surface area (Å²) >= 11 is 0. The zero-order chi connectivity index (χ0) is 23.6. The molecule has 3 amide bonds. The second kappa shape index (κ2) is 12.0. The average molecular weight is 451 g/mol. The molecule has 0 aliphatic carbocycles. The molecular formula is C26H34N4O3. The molecule has 3 rings (SSSR count). The molecule has 2 aromatic carbocycles. The Morgan fingerprint density at radius 1 is 0.848 bits per heavy atom. The molecule has 3 N–H and O–H groups in total. The molecule has 33 heavy (non-hydrogen) atoms. The van der Waals surface area contributed by atoms with Crippen LogP contribution in [0.4, 0.5) is 11.4 Å². The average Bonchev–Trinajstić information content (AvgIpc) is 3.12. The van der Waals surface area contributed by atoms with Gasteiger partial charge in [-0.25, -0.2) is 0 Å². The Labute approximate surface area is 195 Å². The number of anilines is 2. The van der Waals surface area contributed by atoms with Crippen LogP contribution < -0.4 is 16.0 Å². The standard InChI is InChI=1S/C26H34N4O3/c1-3-19(2)28-25(32)20-8-12-22(13-9-20)27-18-24(31)29-23-14-10-21(11-15-23)26(33)30-16-6-4-5-7-17-30/h8-15,19,27H,3-7,16-18H2,1-2H3,(H,28,32)(H,29,31). The highest BCUT2D eigenvalue weighted by atomic mass is 16.2. The monoisotopic (exact) mass is 450 g/mol. The van der Waals surface area contributed by atoms with Crippen molar-refractivity contribution < 1.29 is 14.4 Å². The van der Waals surface area contributed by atoms with Gasteiger partial charge in [-0.3, -0.25) is 14.4 Å². The molecule has 0 radical (unpaired) electrons. The van der Waals surface area contributed by atoms with Gasteiger partial charge in [-0.05, 0) is 74.7 Å². The molecule has 1 aliphatic heterocycles. The molecule has 7 heteroatoms. The highest BCUT2D eigenvalue weighted by Crippen LogP contribution is 2.16. The molecule has 1 atom stereocenters. The molecule has 2 aromatic rings. The third-order valence-corrected chi connectivity index (χ3v) is 5.90. The smallest absolute Gasteiger partial charge is 0.253 e. The van der Waals surface area contributed by atoms with E-state index in [-0.39, 0.29) is 30.3 Å². The molecule has 1 saturated heterocycles. The quantitative estimate of drug-likeness (QED) is 0.560. The van der Waals surface area contributed by atoms with E-state index in [2.05, 4.69) is 16.0 Å². The van der Waals surface area contributed by atoms with Crippen LogP contribution >= 0.6 is 0 Å². The maximum Gasteiger partial charge on any atom is 0.253 e. The fourth-order valence-corrected chi connectivity index (χ4v) is 3.69. The third-order valence-electron chi connectivity index (χ3n) is 5.90. The molecule has 0 bridgehead atoms. The molecule has 0 spiro atoms. The number of hydrogen-bond donors (Lipinski definition) is 3. The minimum absolute atomic E-state index is 0.0534. The maximum absolute atomic E-state index is 12.7. The van der Waals surface area contributed by atoms with E-state index in [0.717, 1.165) is 38.0 Å². The third kappa shape index (κ3) is 7.34. The van der Waals surface area contributed by atoms with Gasteiger partial charge in [-0.1, -0.05) is 19.8 Å². The van der Waals surface area contributed by atoms with Crippen LogP contribution in [-0.2, 0) is 4.79 Å². The zero-order valence-corrected chi connectivity index (χ0v) is 19.5. The maximum atomic E-state index is 12.7. The van der Waals surface area contributed by atoms with Gasteiger partial charge in [0, 0.05) is 41.6 Å². The molecule has 0 saturated carbocycles. The summed E-state index contributed by atoms with van der Waals surface area (Å²) < 4.78 is 0. The van der Waals surface area contributed by atoms with Crippen LogP contribution in [-0.4, -0.2) is 48.3 Å². The first kappa shape index (κ1) is 24.3. The lowest BCUT2D eigenvalue weighted by molar-refractivity contribution is -0.114. The summed E-state index contributed by atoms with van der Waals surface area (Å²) in [6.45, 7) is 5.70. The van der Waals surface area contributed by atoms with Gasteiger partial charge in [0.25, 0.3) is 11.8 Å². The van der Waals surface area contributed by atoms with Crippen LogP contribution in [0.5, 0.6) is 0 Å². The number of nitrogens with one attached hydrogen (secondary N) is 3.